The van der Waals surface area contributed by atoms with Crippen LogP contribution in [0.4, 0.5) is 27.6 Å². The van der Waals surface area contributed by atoms with Crippen LogP contribution in [0.2, 0.25) is 0 Å². The van der Waals surface area contributed by atoms with Gasteiger partial charge in [0.15, 0.2) is 5.79 Å². The zero-order valence-corrected chi connectivity index (χ0v) is 17.2. The van der Waals surface area contributed by atoms with E-state index in [1.54, 1.807) is 0 Å². The van der Waals surface area contributed by atoms with Gasteiger partial charge in [-0.3, -0.25) is 0 Å². The Hall–Kier alpha value is -2.40. The van der Waals surface area contributed by atoms with Gasteiger partial charge in [-0.25, -0.2) is 13.6 Å². The molecule has 1 saturated carbocycles. The molecule has 0 bridgehead atoms. The number of fused-ring (bicyclic) bond motifs is 1. The highest BCUT2D eigenvalue weighted by Gasteiger charge is 2.48. The Labute approximate surface area is 180 Å². The van der Waals surface area contributed by atoms with Gasteiger partial charge in [0.1, 0.15) is 5.58 Å². The third-order valence-electron chi connectivity index (χ3n) is 6.05. The molecule has 4 rings (SSSR count). The van der Waals surface area contributed by atoms with Crippen molar-refractivity contribution in [2.75, 3.05) is 32.2 Å². The summed E-state index contributed by atoms with van der Waals surface area (Å²) in [5.41, 5.74) is -1.31. The van der Waals surface area contributed by atoms with Gasteiger partial charge in [0.2, 0.25) is 5.76 Å². The number of alkyl halides is 5. The molecule has 0 atom stereocenters. The number of hydrogen-bond acceptors (Lipinski definition) is 6. The molecule has 1 aromatic carbocycles. The van der Waals surface area contributed by atoms with Crippen LogP contribution in [0.1, 0.15) is 41.8 Å². The van der Waals surface area contributed by atoms with Crippen LogP contribution in [0.3, 0.4) is 0 Å². The summed E-state index contributed by atoms with van der Waals surface area (Å²) in [6.07, 6.45) is -3.64. The zero-order valence-electron chi connectivity index (χ0n) is 17.2. The van der Waals surface area contributed by atoms with Crippen molar-refractivity contribution in [2.45, 2.75) is 43.6 Å². The molecule has 1 aliphatic heterocycles. The van der Waals surface area contributed by atoms with Gasteiger partial charge in [0.25, 0.3) is 5.92 Å². The van der Waals surface area contributed by atoms with Crippen LogP contribution in [0.25, 0.3) is 11.0 Å². The van der Waals surface area contributed by atoms with Crippen molar-refractivity contribution in [1.29, 1.82) is 0 Å². The lowest BCUT2D eigenvalue weighted by atomic mass is 9.81. The van der Waals surface area contributed by atoms with E-state index in [0.29, 0.717) is 26.1 Å². The van der Waals surface area contributed by atoms with Crippen molar-refractivity contribution in [3.05, 3.63) is 29.5 Å². The molecule has 0 radical (unpaired) electrons. The highest BCUT2D eigenvalue weighted by molar-refractivity contribution is 6.04. The molecule has 11 heteroatoms. The molecule has 176 valence electrons. The molecule has 32 heavy (non-hydrogen) atoms. The van der Waals surface area contributed by atoms with Crippen molar-refractivity contribution in [1.82, 2.24) is 0 Å². The quantitative estimate of drug-likeness (QED) is 0.485. The highest BCUT2D eigenvalue weighted by atomic mass is 19.4. The second-order valence-electron chi connectivity index (χ2n) is 8.00. The van der Waals surface area contributed by atoms with Gasteiger partial charge in [-0.1, -0.05) is 0 Å². The van der Waals surface area contributed by atoms with Crippen molar-refractivity contribution >= 4 is 22.6 Å². The fourth-order valence-corrected chi connectivity index (χ4v) is 4.30. The second kappa shape index (κ2) is 8.18. The maximum absolute atomic E-state index is 15.0. The average Bonchev–Trinajstić information content (AvgIpc) is 3.35. The molecule has 1 saturated heterocycles. The molecule has 0 amide bonds. The van der Waals surface area contributed by atoms with Crippen molar-refractivity contribution in [3.8, 4) is 0 Å². The second-order valence-corrected chi connectivity index (χ2v) is 8.00. The van der Waals surface area contributed by atoms with E-state index in [4.69, 9.17) is 13.9 Å². The van der Waals surface area contributed by atoms with Gasteiger partial charge in [-0.15, -0.1) is 0 Å². The molecule has 2 aliphatic rings. The van der Waals surface area contributed by atoms with Crippen LogP contribution in [0.15, 0.2) is 22.6 Å². The molecular formula is C21H22F5NO5. The molecule has 0 unspecified atom stereocenters. The third kappa shape index (κ3) is 4.27. The number of carbonyl (C=O) groups is 1. The number of carbonyl (C=O) groups excluding carboxylic acids is 1. The summed E-state index contributed by atoms with van der Waals surface area (Å²) in [7, 11) is 1.06. The number of nitrogens with one attached hydrogen (secondary N) is 1. The van der Waals surface area contributed by atoms with E-state index in [-0.39, 0.29) is 29.5 Å². The molecule has 1 N–H and O–H groups in total. The van der Waals surface area contributed by atoms with E-state index in [1.807, 2.05) is 0 Å². The molecule has 2 aromatic rings. The molecule has 2 fully saturated rings. The lowest BCUT2D eigenvalue weighted by Crippen LogP contribution is -2.43. The van der Waals surface area contributed by atoms with E-state index in [2.05, 4.69) is 10.1 Å². The van der Waals surface area contributed by atoms with Crippen LogP contribution in [0.5, 0.6) is 0 Å². The van der Waals surface area contributed by atoms with Gasteiger partial charge in [0.05, 0.1) is 38.1 Å². The summed E-state index contributed by atoms with van der Waals surface area (Å²) >= 11 is 0. The number of esters is 1. The summed E-state index contributed by atoms with van der Waals surface area (Å²) in [5, 5.41) is 2.32. The summed E-state index contributed by atoms with van der Waals surface area (Å²) < 4.78 is 90.4. The van der Waals surface area contributed by atoms with Crippen LogP contribution in [-0.2, 0) is 20.4 Å². The largest absolute Gasteiger partial charge is 0.463 e. The predicted octanol–water partition coefficient (Wildman–Crippen LogP) is 5.22. The Morgan fingerprint density at radius 3 is 2.41 bits per heavy atom. The Bertz CT molecular complexity index is 986. The van der Waals surface area contributed by atoms with Crippen molar-refractivity contribution in [3.63, 3.8) is 0 Å². The van der Waals surface area contributed by atoms with E-state index in [0.717, 1.165) is 25.3 Å². The first-order valence-corrected chi connectivity index (χ1v) is 10.2. The number of hydrogen-bond donors (Lipinski definition) is 1. The van der Waals surface area contributed by atoms with E-state index in [9.17, 15) is 26.7 Å². The van der Waals surface area contributed by atoms with Gasteiger partial charge in [-0.2, -0.15) is 13.2 Å². The topological polar surface area (TPSA) is 69.9 Å². The Morgan fingerprint density at radius 1 is 1.16 bits per heavy atom. The number of halogens is 5. The number of furan rings is 1. The van der Waals surface area contributed by atoms with Crippen LogP contribution >= 0.6 is 0 Å². The molecule has 2 heterocycles. The SMILES string of the molecule is COC(=O)c1oc2ccc(C(F)(F)F)cc2c1NCC(F)(F)C1CCC2(CC1)OCCO2. The van der Waals surface area contributed by atoms with Gasteiger partial charge in [0, 0.05) is 24.1 Å². The number of benzene rings is 1. The maximum atomic E-state index is 15.0. The first-order chi connectivity index (χ1) is 15.0. The van der Waals surface area contributed by atoms with Gasteiger partial charge < -0.3 is 23.9 Å². The van der Waals surface area contributed by atoms with Crippen molar-refractivity contribution in [2.24, 2.45) is 5.92 Å². The average molecular weight is 463 g/mol. The number of ether oxygens (including phenoxy) is 3. The minimum Gasteiger partial charge on any atom is -0.463 e. The molecule has 6 nitrogen and oxygen atoms in total. The first-order valence-electron chi connectivity index (χ1n) is 10.2. The summed E-state index contributed by atoms with van der Waals surface area (Å²) in [4.78, 5) is 12.1. The minimum absolute atomic E-state index is 0.0562. The number of methoxy groups -OCH3 is 1. The minimum atomic E-state index is -4.65. The predicted molar refractivity (Wildman–Crippen MR) is 103 cm³/mol. The van der Waals surface area contributed by atoms with Gasteiger partial charge >= 0.3 is 12.1 Å². The zero-order chi connectivity index (χ0) is 23.1. The third-order valence-corrected chi connectivity index (χ3v) is 6.05. The lowest BCUT2D eigenvalue weighted by Gasteiger charge is -2.38. The lowest BCUT2D eigenvalue weighted by molar-refractivity contribution is -0.196. The highest BCUT2D eigenvalue weighted by Crippen LogP contribution is 2.44. The fraction of sp³-hybridized carbons (Fsp3) is 0.571. The molecule has 1 aliphatic carbocycles. The van der Waals surface area contributed by atoms with Crippen LogP contribution in [-0.4, -0.2) is 44.5 Å². The van der Waals surface area contributed by atoms with Crippen LogP contribution in [0, 0.1) is 5.92 Å². The smallest absolute Gasteiger partial charge is 0.416 e. The first kappa shape index (κ1) is 22.8. The number of anilines is 1. The Morgan fingerprint density at radius 2 is 1.81 bits per heavy atom. The van der Waals surface area contributed by atoms with Crippen LogP contribution < -0.4 is 5.32 Å². The molecular weight excluding hydrogens is 441 g/mol. The summed E-state index contributed by atoms with van der Waals surface area (Å²) in [6, 6.07) is 2.58. The Balaban J connectivity index is 1.56. The maximum Gasteiger partial charge on any atom is 0.416 e. The fourth-order valence-electron chi connectivity index (χ4n) is 4.30. The van der Waals surface area contributed by atoms with Gasteiger partial charge in [-0.05, 0) is 31.0 Å². The normalized spacial score (nSPS) is 19.6. The summed E-state index contributed by atoms with van der Waals surface area (Å²) in [5.74, 6) is -6.41. The van der Waals surface area contributed by atoms with E-state index < -0.39 is 47.6 Å². The van der Waals surface area contributed by atoms with Crippen molar-refractivity contribution < 1.29 is 45.4 Å². The number of rotatable bonds is 5. The Kier molecular flexibility index (Phi) is 5.83. The standard InChI is InChI=1S/C21H22F5NO5/c1-29-18(28)17-16(14-10-13(21(24,25)26)2-3-15(14)32-17)27-11-20(22,23)12-4-6-19(7-5-12)30-8-9-31-19/h2-3,10,12,27H,4-9,11H2,1H3. The summed E-state index contributed by atoms with van der Waals surface area (Å²) in [6.45, 7) is -0.0138. The van der Waals surface area contributed by atoms with E-state index in [1.165, 1.54) is 0 Å². The van der Waals surface area contributed by atoms with E-state index >= 15 is 0 Å². The molecule has 1 spiro atoms. The monoisotopic (exact) mass is 463 g/mol. The molecule has 1 aromatic heterocycles.